The number of rotatable bonds is 7. The van der Waals surface area contributed by atoms with Crippen LogP contribution in [0.5, 0.6) is 0 Å². The first-order chi connectivity index (χ1) is 13.1. The molecule has 3 rings (SSSR count). The van der Waals surface area contributed by atoms with E-state index in [1.165, 1.54) is 0 Å². The second-order valence-corrected chi connectivity index (χ2v) is 6.24. The van der Waals surface area contributed by atoms with E-state index in [9.17, 15) is 14.4 Å². The molecule has 1 amide bonds. The topological polar surface area (TPSA) is 77.2 Å². The lowest BCUT2D eigenvalue weighted by atomic mass is 9.84. The SMILES string of the molecule is NC(=O)c1ccccc1CC(C(=O)c1ccccc1)C(=O)c1ccccc1. The maximum atomic E-state index is 13.1. The van der Waals surface area contributed by atoms with Gasteiger partial charge in [0.1, 0.15) is 0 Å². The van der Waals surface area contributed by atoms with Gasteiger partial charge in [-0.1, -0.05) is 78.9 Å². The van der Waals surface area contributed by atoms with E-state index in [-0.39, 0.29) is 18.0 Å². The van der Waals surface area contributed by atoms with Crippen molar-refractivity contribution in [3.8, 4) is 0 Å². The zero-order chi connectivity index (χ0) is 19.2. The average Bonchev–Trinajstić information content (AvgIpc) is 2.72. The van der Waals surface area contributed by atoms with Gasteiger partial charge in [-0.2, -0.15) is 0 Å². The summed E-state index contributed by atoms with van der Waals surface area (Å²) in [6.45, 7) is 0. The Kier molecular flexibility index (Phi) is 5.57. The molecule has 0 heterocycles. The Balaban J connectivity index is 2.02. The largest absolute Gasteiger partial charge is 0.366 e. The third-order valence-electron chi connectivity index (χ3n) is 4.46. The monoisotopic (exact) mass is 357 g/mol. The van der Waals surface area contributed by atoms with Crippen molar-refractivity contribution < 1.29 is 14.4 Å². The quantitative estimate of drug-likeness (QED) is 0.517. The van der Waals surface area contributed by atoms with E-state index in [2.05, 4.69) is 0 Å². The minimum Gasteiger partial charge on any atom is -0.366 e. The van der Waals surface area contributed by atoms with Gasteiger partial charge in [-0.05, 0) is 18.1 Å². The molecule has 3 aromatic carbocycles. The molecule has 0 unspecified atom stereocenters. The van der Waals surface area contributed by atoms with Crippen LogP contribution in [0.4, 0.5) is 0 Å². The maximum Gasteiger partial charge on any atom is 0.248 e. The normalized spacial score (nSPS) is 10.6. The van der Waals surface area contributed by atoms with E-state index >= 15 is 0 Å². The minimum atomic E-state index is -0.935. The fraction of sp³-hybridized carbons (Fsp3) is 0.0870. The first-order valence-corrected chi connectivity index (χ1v) is 8.64. The van der Waals surface area contributed by atoms with Crippen LogP contribution >= 0.6 is 0 Å². The Morgan fingerprint density at radius 2 is 1.11 bits per heavy atom. The van der Waals surface area contributed by atoms with E-state index < -0.39 is 11.8 Å². The van der Waals surface area contributed by atoms with Gasteiger partial charge in [-0.25, -0.2) is 0 Å². The van der Waals surface area contributed by atoms with Gasteiger partial charge in [-0.3, -0.25) is 14.4 Å². The fourth-order valence-electron chi connectivity index (χ4n) is 3.07. The molecule has 134 valence electrons. The summed E-state index contributed by atoms with van der Waals surface area (Å²) in [5.74, 6) is -2.06. The number of nitrogens with two attached hydrogens (primary N) is 1. The van der Waals surface area contributed by atoms with E-state index in [1.807, 2.05) is 12.1 Å². The molecule has 0 aliphatic rings. The molecule has 0 saturated heterocycles. The van der Waals surface area contributed by atoms with E-state index in [4.69, 9.17) is 5.73 Å². The van der Waals surface area contributed by atoms with Crippen LogP contribution in [0, 0.1) is 5.92 Å². The average molecular weight is 357 g/mol. The molecule has 0 spiro atoms. The highest BCUT2D eigenvalue weighted by Crippen LogP contribution is 2.22. The summed E-state index contributed by atoms with van der Waals surface area (Å²) in [6, 6.07) is 24.2. The molecular weight excluding hydrogens is 338 g/mol. The van der Waals surface area contributed by atoms with Crippen molar-refractivity contribution in [2.24, 2.45) is 11.7 Å². The van der Waals surface area contributed by atoms with Gasteiger partial charge in [-0.15, -0.1) is 0 Å². The molecule has 0 radical (unpaired) electrons. The van der Waals surface area contributed by atoms with Crippen molar-refractivity contribution in [1.82, 2.24) is 0 Å². The van der Waals surface area contributed by atoms with Crippen LogP contribution in [0.3, 0.4) is 0 Å². The minimum absolute atomic E-state index is 0.112. The van der Waals surface area contributed by atoms with Gasteiger partial charge >= 0.3 is 0 Å². The predicted molar refractivity (Wildman–Crippen MR) is 104 cm³/mol. The molecular formula is C23H19NO3. The lowest BCUT2D eigenvalue weighted by Crippen LogP contribution is -2.28. The van der Waals surface area contributed by atoms with Gasteiger partial charge in [0.25, 0.3) is 0 Å². The molecule has 4 nitrogen and oxygen atoms in total. The number of hydrogen-bond donors (Lipinski definition) is 1. The Labute approximate surface area is 157 Å². The summed E-state index contributed by atoms with van der Waals surface area (Å²) in [5.41, 5.74) is 7.29. The molecule has 27 heavy (non-hydrogen) atoms. The van der Waals surface area contributed by atoms with E-state index in [1.54, 1.807) is 72.8 Å². The summed E-state index contributed by atoms with van der Waals surface area (Å²) >= 11 is 0. The second-order valence-electron chi connectivity index (χ2n) is 6.24. The number of benzene rings is 3. The summed E-state index contributed by atoms with van der Waals surface area (Å²) in [6.07, 6.45) is 0.112. The van der Waals surface area contributed by atoms with Gasteiger partial charge in [0.05, 0.1) is 5.92 Å². The number of carbonyl (C=O) groups excluding carboxylic acids is 3. The summed E-state index contributed by atoms with van der Waals surface area (Å²) in [5, 5.41) is 0. The predicted octanol–water partition coefficient (Wildman–Crippen LogP) is 3.71. The number of ketones is 2. The molecule has 3 aromatic rings. The third-order valence-corrected chi connectivity index (χ3v) is 4.46. The molecule has 4 heteroatoms. The van der Waals surface area contributed by atoms with Crippen LogP contribution in [0.1, 0.15) is 36.6 Å². The van der Waals surface area contributed by atoms with Crippen LogP contribution in [-0.4, -0.2) is 17.5 Å². The highest BCUT2D eigenvalue weighted by Gasteiger charge is 2.29. The molecule has 2 N–H and O–H groups in total. The Hall–Kier alpha value is -3.53. The van der Waals surface area contributed by atoms with Crippen molar-refractivity contribution >= 4 is 17.5 Å². The van der Waals surface area contributed by atoms with Crippen molar-refractivity contribution in [2.45, 2.75) is 6.42 Å². The summed E-state index contributed by atoms with van der Waals surface area (Å²) in [7, 11) is 0. The number of Topliss-reactive ketones (excluding diaryl/α,β-unsaturated/α-hetero) is 2. The lowest BCUT2D eigenvalue weighted by molar-refractivity contribution is 0.0804. The van der Waals surface area contributed by atoms with Crippen molar-refractivity contribution in [2.75, 3.05) is 0 Å². The maximum absolute atomic E-state index is 13.1. The highest BCUT2D eigenvalue weighted by atomic mass is 16.2. The third kappa shape index (κ3) is 4.18. The zero-order valence-corrected chi connectivity index (χ0v) is 14.7. The first kappa shape index (κ1) is 18.3. The van der Waals surface area contributed by atoms with Gasteiger partial charge in [0.2, 0.25) is 5.91 Å². The van der Waals surface area contributed by atoms with Crippen LogP contribution in [0.15, 0.2) is 84.9 Å². The summed E-state index contributed by atoms with van der Waals surface area (Å²) in [4.78, 5) is 38.0. The van der Waals surface area contributed by atoms with Crippen LogP contribution in [-0.2, 0) is 6.42 Å². The number of amides is 1. The molecule has 0 aliphatic heterocycles. The van der Waals surface area contributed by atoms with Crippen molar-refractivity contribution in [1.29, 1.82) is 0 Å². The molecule has 0 atom stereocenters. The zero-order valence-electron chi connectivity index (χ0n) is 14.7. The molecule has 0 bridgehead atoms. The first-order valence-electron chi connectivity index (χ1n) is 8.64. The molecule has 0 fully saturated rings. The van der Waals surface area contributed by atoms with Gasteiger partial charge in [0.15, 0.2) is 11.6 Å². The van der Waals surface area contributed by atoms with Crippen molar-refractivity contribution in [3.05, 3.63) is 107 Å². The van der Waals surface area contributed by atoms with Crippen LogP contribution < -0.4 is 5.73 Å². The van der Waals surface area contributed by atoms with Crippen LogP contribution in [0.25, 0.3) is 0 Å². The molecule has 0 aromatic heterocycles. The van der Waals surface area contributed by atoms with Crippen molar-refractivity contribution in [3.63, 3.8) is 0 Å². The van der Waals surface area contributed by atoms with E-state index in [0.717, 1.165) is 0 Å². The van der Waals surface area contributed by atoms with Gasteiger partial charge in [0, 0.05) is 16.7 Å². The Morgan fingerprint density at radius 3 is 1.59 bits per heavy atom. The second kappa shape index (κ2) is 8.23. The number of primary amides is 1. The number of hydrogen-bond acceptors (Lipinski definition) is 3. The smallest absolute Gasteiger partial charge is 0.248 e. The van der Waals surface area contributed by atoms with Gasteiger partial charge < -0.3 is 5.73 Å². The molecule has 0 aliphatic carbocycles. The summed E-state index contributed by atoms with van der Waals surface area (Å²) < 4.78 is 0. The number of carbonyl (C=O) groups is 3. The molecule has 0 saturated carbocycles. The highest BCUT2D eigenvalue weighted by molar-refractivity contribution is 6.16. The van der Waals surface area contributed by atoms with Crippen LogP contribution in [0.2, 0.25) is 0 Å². The lowest BCUT2D eigenvalue weighted by Gasteiger charge is -2.17. The Bertz CT molecular complexity index is 914. The van der Waals surface area contributed by atoms with E-state index in [0.29, 0.717) is 22.3 Å². The fourth-order valence-corrected chi connectivity index (χ4v) is 3.07. The Morgan fingerprint density at radius 1 is 0.667 bits per heavy atom. The standard InChI is InChI=1S/C23H19NO3/c24-23(27)19-14-8-7-13-18(19)15-20(21(25)16-9-3-1-4-10-16)22(26)17-11-5-2-6-12-17/h1-14,20H,15H2,(H2,24,27).